The summed E-state index contributed by atoms with van der Waals surface area (Å²) in [5.74, 6) is 0. The molecule has 0 spiro atoms. The van der Waals surface area contributed by atoms with E-state index in [4.69, 9.17) is 22.8 Å². The molecule has 6 aromatic rings. The molecule has 40 heavy (non-hydrogen) atoms. The van der Waals surface area contributed by atoms with Crippen molar-refractivity contribution in [2.75, 3.05) is 0 Å². The molecule has 4 heteroatoms. The van der Waals surface area contributed by atoms with E-state index in [9.17, 15) is 0 Å². The summed E-state index contributed by atoms with van der Waals surface area (Å²) in [5, 5.41) is 7.50. The molecule has 6 rings (SSSR count). The van der Waals surface area contributed by atoms with Crippen molar-refractivity contribution in [3.8, 4) is 0 Å². The summed E-state index contributed by atoms with van der Waals surface area (Å²) in [6.07, 6.45) is 0. The minimum absolute atomic E-state index is 0.676. The van der Waals surface area contributed by atoms with Gasteiger partial charge in [-0.3, -0.25) is 0 Å². The van der Waals surface area contributed by atoms with Crippen LogP contribution in [0, 0.1) is 0 Å². The van der Waals surface area contributed by atoms with Crippen LogP contribution in [0.2, 0.25) is 5.02 Å². The van der Waals surface area contributed by atoms with E-state index in [1.807, 2.05) is 12.1 Å². The molecule has 0 aliphatic carbocycles. The fourth-order valence-corrected chi connectivity index (χ4v) is 28.2. The number of benzene rings is 6. The summed E-state index contributed by atoms with van der Waals surface area (Å²) in [4.78, 5) is 0. The molecule has 6 aromatic carbocycles. The third-order valence-corrected chi connectivity index (χ3v) is 27.4. The van der Waals surface area contributed by atoms with Gasteiger partial charge in [0.25, 0.3) is 0 Å². The van der Waals surface area contributed by atoms with Crippen molar-refractivity contribution in [3.05, 3.63) is 181 Å². The van der Waals surface area contributed by atoms with E-state index in [2.05, 4.69) is 164 Å². The van der Waals surface area contributed by atoms with Crippen molar-refractivity contribution in [2.45, 2.75) is 0 Å². The van der Waals surface area contributed by atoms with Gasteiger partial charge >= 0.3 is 248 Å². The molecule has 196 valence electrons. The first kappa shape index (κ1) is 27.0. The van der Waals surface area contributed by atoms with Crippen molar-refractivity contribution in [3.63, 3.8) is 0 Å². The third-order valence-electron chi connectivity index (χ3n) is 7.70. The monoisotopic (exact) mass is 593 g/mol. The molecule has 0 atom stereocenters. The Hall–Kier alpha value is -3.24. The quantitative estimate of drug-likeness (QED) is 0.164. The number of halogens is 2. The van der Waals surface area contributed by atoms with Crippen LogP contribution in [0.4, 0.5) is 0 Å². The van der Waals surface area contributed by atoms with E-state index in [0.29, 0.717) is 5.02 Å². The maximum absolute atomic E-state index is 9.10. The van der Waals surface area contributed by atoms with Gasteiger partial charge in [0.05, 0.1) is 0 Å². The first-order valence-electron chi connectivity index (χ1n) is 13.3. The van der Waals surface area contributed by atoms with E-state index in [0.717, 1.165) is 15.9 Å². The van der Waals surface area contributed by atoms with Gasteiger partial charge in [-0.15, -0.1) is 0 Å². The Morgan fingerprint density at radius 1 is 0.375 bits per heavy atom. The molecule has 0 aromatic heterocycles. The Kier molecular flexibility index (Phi) is 7.39. The van der Waals surface area contributed by atoms with Crippen molar-refractivity contribution < 1.29 is 0 Å². The van der Waals surface area contributed by atoms with Crippen LogP contribution >= 0.6 is 35.4 Å². The van der Waals surface area contributed by atoms with Gasteiger partial charge < -0.3 is 0 Å². The molecular weight excluding hydrogens is 565 g/mol. The third kappa shape index (κ3) is 3.83. The molecule has 0 unspecified atom stereocenters. The van der Waals surface area contributed by atoms with E-state index < -0.39 is 12.6 Å². The molecule has 0 aliphatic heterocycles. The maximum atomic E-state index is 9.10. The van der Waals surface area contributed by atoms with Crippen molar-refractivity contribution in [2.24, 2.45) is 0 Å². The topological polar surface area (TPSA) is 0 Å². The van der Waals surface area contributed by atoms with Crippen LogP contribution in [-0.4, -0.2) is 0 Å². The van der Waals surface area contributed by atoms with Crippen LogP contribution < -0.4 is 31.8 Å². The summed E-state index contributed by atoms with van der Waals surface area (Å²) < 4.78 is 0. The molecule has 0 N–H and O–H groups in total. The molecule has 0 saturated carbocycles. The molecule has 0 bridgehead atoms. The summed E-state index contributed by atoms with van der Waals surface area (Å²) in [7, 11) is 0. The van der Waals surface area contributed by atoms with Crippen molar-refractivity contribution in [1.82, 2.24) is 0 Å². The number of hydrogen-bond donors (Lipinski definition) is 0. The fourth-order valence-electron chi connectivity index (χ4n) is 6.15. The summed E-state index contributed by atoms with van der Waals surface area (Å²) in [5.41, 5.74) is -4.07. The molecule has 0 amide bonds. The molecule has 0 fully saturated rings. The standard InChI is InChI=1S/C36H29Cl2P2/c37-35-28-16-17-29-36(35)40(38,33-24-12-4-13-25-33,34-26-14-5-15-27-34)39(30-18-6-1-7-19-30,31-20-8-2-9-21-31)32-22-10-3-11-23-32/h1-29H/q+1. The molecule has 0 heterocycles. The van der Waals surface area contributed by atoms with Crippen molar-refractivity contribution in [1.29, 1.82) is 0 Å². The van der Waals surface area contributed by atoms with Crippen LogP contribution in [0.1, 0.15) is 0 Å². The van der Waals surface area contributed by atoms with Crippen LogP contribution in [0.25, 0.3) is 0 Å². The van der Waals surface area contributed by atoms with Gasteiger partial charge in [0.1, 0.15) is 0 Å². The number of rotatable bonds is 7. The molecule has 0 aliphatic rings. The zero-order chi connectivity index (χ0) is 27.5. The van der Waals surface area contributed by atoms with Crippen LogP contribution in [0.5, 0.6) is 0 Å². The Morgan fingerprint density at radius 3 is 1.02 bits per heavy atom. The van der Waals surface area contributed by atoms with Crippen molar-refractivity contribution >= 4 is 67.3 Å². The summed E-state index contributed by atoms with van der Waals surface area (Å²) in [6, 6.07) is 62.3. The van der Waals surface area contributed by atoms with E-state index >= 15 is 0 Å². The van der Waals surface area contributed by atoms with E-state index in [-0.39, 0.29) is 0 Å². The average Bonchev–Trinajstić information content (AvgIpc) is 3.04. The predicted octanol–water partition coefficient (Wildman–Crippen LogP) is 8.23. The molecule has 0 saturated heterocycles. The van der Waals surface area contributed by atoms with Gasteiger partial charge in [0, 0.05) is 0 Å². The normalized spacial score (nSPS) is 12.8. The van der Waals surface area contributed by atoms with E-state index in [1.165, 1.54) is 15.9 Å². The number of hydrogen-bond acceptors (Lipinski definition) is 0. The van der Waals surface area contributed by atoms with Crippen LogP contribution in [-0.2, 0) is 0 Å². The Morgan fingerprint density at radius 2 is 0.675 bits per heavy atom. The van der Waals surface area contributed by atoms with Gasteiger partial charge in [-0.2, -0.15) is 0 Å². The van der Waals surface area contributed by atoms with Gasteiger partial charge in [-0.1, -0.05) is 0 Å². The Balaban J connectivity index is 2.02. The summed E-state index contributed by atoms with van der Waals surface area (Å²) >= 11 is 16.4. The molecule has 0 radical (unpaired) electrons. The second kappa shape index (κ2) is 11.0. The zero-order valence-electron chi connectivity index (χ0n) is 21.9. The average molecular weight is 594 g/mol. The fraction of sp³-hybridized carbons (Fsp3) is 0. The zero-order valence-corrected chi connectivity index (χ0v) is 25.2. The first-order valence-corrected chi connectivity index (χ1v) is 19.3. The SMILES string of the molecule is Clc1ccccc1P(Cl)(c1ccccc1)(c1ccccc1)[P+](c1ccccc1)(c1ccccc1)c1ccccc1. The van der Waals surface area contributed by atoms with Gasteiger partial charge in [-0.05, 0) is 0 Å². The van der Waals surface area contributed by atoms with Crippen LogP contribution in [0.15, 0.2) is 176 Å². The molecule has 0 nitrogen and oxygen atoms in total. The first-order chi connectivity index (χ1) is 19.6. The van der Waals surface area contributed by atoms with Crippen LogP contribution in [0.3, 0.4) is 0 Å². The minimum atomic E-state index is -4.07. The van der Waals surface area contributed by atoms with E-state index in [1.54, 1.807) is 0 Å². The van der Waals surface area contributed by atoms with Gasteiger partial charge in [0.15, 0.2) is 0 Å². The predicted molar refractivity (Wildman–Crippen MR) is 181 cm³/mol. The second-order valence-corrected chi connectivity index (χ2v) is 23.3. The summed E-state index contributed by atoms with van der Waals surface area (Å²) in [6.45, 7) is -2.79. The second-order valence-electron chi connectivity index (χ2n) is 9.73. The Labute approximate surface area is 247 Å². The van der Waals surface area contributed by atoms with Gasteiger partial charge in [-0.25, -0.2) is 0 Å². The van der Waals surface area contributed by atoms with Gasteiger partial charge in [0.2, 0.25) is 0 Å². The Bertz CT molecular complexity index is 1570. The molecular formula is C36H29Cl2P2+.